The van der Waals surface area contributed by atoms with Crippen molar-refractivity contribution in [3.63, 3.8) is 0 Å². The van der Waals surface area contributed by atoms with Crippen molar-refractivity contribution >= 4 is 22.0 Å². The molecule has 9 heteroatoms. The summed E-state index contributed by atoms with van der Waals surface area (Å²) in [6, 6.07) is 9.59. The van der Waals surface area contributed by atoms with Gasteiger partial charge >= 0.3 is 0 Å². The van der Waals surface area contributed by atoms with Gasteiger partial charge in [0.15, 0.2) is 0 Å². The van der Waals surface area contributed by atoms with Gasteiger partial charge in [0.2, 0.25) is 15.9 Å². The van der Waals surface area contributed by atoms with Crippen molar-refractivity contribution in [3.05, 3.63) is 83.1 Å². The first-order chi connectivity index (χ1) is 15.3. The highest BCUT2D eigenvalue weighted by Crippen LogP contribution is 2.23. The lowest BCUT2D eigenvalue weighted by Gasteiger charge is -2.12. The van der Waals surface area contributed by atoms with E-state index in [4.69, 9.17) is 9.15 Å². The number of sulfonamides is 1. The molecule has 3 aromatic rings. The Labute approximate surface area is 187 Å². The lowest BCUT2D eigenvalue weighted by Crippen LogP contribution is -2.23. The molecule has 0 aliphatic rings. The van der Waals surface area contributed by atoms with Crippen molar-refractivity contribution in [2.45, 2.75) is 31.8 Å². The number of nitrogens with zero attached hydrogens (tertiary/aromatic N) is 1. The van der Waals surface area contributed by atoms with E-state index in [1.165, 1.54) is 24.5 Å². The molecular formula is C23H25N3O5S. The van der Waals surface area contributed by atoms with Crippen LogP contribution in [0.2, 0.25) is 0 Å². The predicted molar refractivity (Wildman–Crippen MR) is 120 cm³/mol. The van der Waals surface area contributed by atoms with E-state index < -0.39 is 10.0 Å². The van der Waals surface area contributed by atoms with Crippen LogP contribution >= 0.6 is 0 Å². The number of carbonyl (C=O) groups excluding carboxylic acids is 1. The number of benzene rings is 1. The van der Waals surface area contributed by atoms with Crippen LogP contribution in [0.1, 0.15) is 28.1 Å². The molecule has 3 rings (SSSR count). The van der Waals surface area contributed by atoms with Crippen LogP contribution in [0.3, 0.4) is 0 Å². The molecule has 0 aliphatic carbocycles. The van der Waals surface area contributed by atoms with Crippen molar-refractivity contribution in [1.29, 1.82) is 0 Å². The molecule has 0 bridgehead atoms. The molecule has 2 heterocycles. The average Bonchev–Trinajstić information content (AvgIpc) is 3.30. The number of methoxy groups -OCH3 is 1. The topological polar surface area (TPSA) is 111 Å². The molecule has 0 spiro atoms. The van der Waals surface area contributed by atoms with Gasteiger partial charge in [-0.15, -0.1) is 0 Å². The zero-order valence-electron chi connectivity index (χ0n) is 18.1. The first-order valence-corrected chi connectivity index (χ1v) is 11.4. The molecule has 0 fully saturated rings. The van der Waals surface area contributed by atoms with Crippen LogP contribution in [-0.4, -0.2) is 26.4 Å². The first kappa shape index (κ1) is 23.2. The lowest BCUT2D eigenvalue weighted by molar-refractivity contribution is -0.116. The van der Waals surface area contributed by atoms with Gasteiger partial charge in [-0.2, -0.15) is 0 Å². The van der Waals surface area contributed by atoms with E-state index in [0.717, 1.165) is 22.6 Å². The number of aromatic nitrogens is 1. The second-order valence-corrected chi connectivity index (χ2v) is 8.84. The zero-order chi connectivity index (χ0) is 23.1. The predicted octanol–water partition coefficient (Wildman–Crippen LogP) is 3.11. The Morgan fingerprint density at radius 3 is 2.56 bits per heavy atom. The minimum Gasteiger partial charge on any atom is -0.496 e. The Morgan fingerprint density at radius 2 is 1.91 bits per heavy atom. The summed E-state index contributed by atoms with van der Waals surface area (Å²) in [5, 5.41) is 2.79. The highest BCUT2D eigenvalue weighted by atomic mass is 32.2. The summed E-state index contributed by atoms with van der Waals surface area (Å²) in [5.41, 5.74) is 3.23. The molecule has 0 saturated heterocycles. The third-order valence-electron chi connectivity index (χ3n) is 4.81. The highest BCUT2D eigenvalue weighted by Gasteiger charge is 2.14. The second-order valence-electron chi connectivity index (χ2n) is 7.07. The highest BCUT2D eigenvalue weighted by molar-refractivity contribution is 7.89. The van der Waals surface area contributed by atoms with Gasteiger partial charge in [0, 0.05) is 23.4 Å². The van der Waals surface area contributed by atoms with E-state index in [0.29, 0.717) is 11.3 Å². The van der Waals surface area contributed by atoms with Crippen LogP contribution in [0.4, 0.5) is 0 Å². The molecule has 8 nitrogen and oxygen atoms in total. The number of hydrogen-bond donors (Lipinski definition) is 2. The molecule has 0 radical (unpaired) electrons. The average molecular weight is 456 g/mol. The maximum absolute atomic E-state index is 12.4. The van der Waals surface area contributed by atoms with E-state index in [-0.39, 0.29) is 23.9 Å². The molecule has 1 amide bonds. The van der Waals surface area contributed by atoms with Gasteiger partial charge in [-0.1, -0.05) is 12.1 Å². The van der Waals surface area contributed by atoms with Crippen molar-refractivity contribution < 1.29 is 22.4 Å². The van der Waals surface area contributed by atoms with Gasteiger partial charge in [0.05, 0.1) is 37.1 Å². The fourth-order valence-corrected chi connectivity index (χ4v) is 4.07. The van der Waals surface area contributed by atoms with Gasteiger partial charge in [0.1, 0.15) is 11.5 Å². The van der Waals surface area contributed by atoms with Crippen LogP contribution in [-0.2, 0) is 27.9 Å². The summed E-state index contributed by atoms with van der Waals surface area (Å²) < 4.78 is 37.7. The third kappa shape index (κ3) is 5.83. The smallest absolute Gasteiger partial charge is 0.244 e. The van der Waals surface area contributed by atoms with Crippen molar-refractivity contribution in [2.24, 2.45) is 0 Å². The minimum absolute atomic E-state index is 0.0678. The third-order valence-corrected chi connectivity index (χ3v) is 6.23. The molecular weight excluding hydrogens is 430 g/mol. The zero-order valence-corrected chi connectivity index (χ0v) is 18.9. The van der Waals surface area contributed by atoms with E-state index in [1.807, 2.05) is 13.8 Å². The summed E-state index contributed by atoms with van der Waals surface area (Å²) >= 11 is 0. The number of carbonyl (C=O) groups is 1. The number of furan rings is 1. The Balaban J connectivity index is 1.57. The van der Waals surface area contributed by atoms with E-state index in [2.05, 4.69) is 15.0 Å². The van der Waals surface area contributed by atoms with E-state index in [9.17, 15) is 13.2 Å². The molecule has 0 aliphatic heterocycles. The first-order valence-electron chi connectivity index (χ1n) is 9.87. The van der Waals surface area contributed by atoms with Crippen LogP contribution in [0.15, 0.2) is 64.2 Å². The summed E-state index contributed by atoms with van der Waals surface area (Å²) in [5.74, 6) is 0.990. The minimum atomic E-state index is -3.67. The summed E-state index contributed by atoms with van der Waals surface area (Å²) in [7, 11) is -2.06. The maximum atomic E-state index is 12.4. The number of aryl methyl sites for hydroxylation is 1. The van der Waals surface area contributed by atoms with Gasteiger partial charge in [-0.05, 0) is 49.8 Å². The van der Waals surface area contributed by atoms with Gasteiger partial charge in [-0.25, -0.2) is 13.1 Å². The van der Waals surface area contributed by atoms with Gasteiger partial charge < -0.3 is 14.5 Å². The quantitative estimate of drug-likeness (QED) is 0.480. The Bertz CT molecular complexity index is 1200. The number of hydrogen-bond acceptors (Lipinski definition) is 6. The van der Waals surface area contributed by atoms with Crippen LogP contribution in [0.25, 0.3) is 6.08 Å². The monoisotopic (exact) mass is 455 g/mol. The summed E-state index contributed by atoms with van der Waals surface area (Å²) in [6.45, 7) is 4.15. The number of nitrogens with one attached hydrogen (secondary N) is 2. The maximum Gasteiger partial charge on any atom is 0.244 e. The van der Waals surface area contributed by atoms with Crippen LogP contribution in [0.5, 0.6) is 5.75 Å². The lowest BCUT2D eigenvalue weighted by atomic mass is 10.1. The van der Waals surface area contributed by atoms with E-state index >= 15 is 0 Å². The standard InChI is InChI=1S/C23H25N3O5S/c1-16-13-24-21(17(2)23(16)30-3)15-25-22(27)11-8-18-6-9-20(10-7-18)32(28,29)26-14-19-5-4-12-31-19/h4-13,26H,14-15H2,1-3H3,(H,25,27)/b11-8+. The fourth-order valence-electron chi connectivity index (χ4n) is 3.07. The van der Waals surface area contributed by atoms with Crippen LogP contribution < -0.4 is 14.8 Å². The Kier molecular flexibility index (Phi) is 7.45. The molecule has 1 aromatic carbocycles. The van der Waals surface area contributed by atoms with Gasteiger partial charge in [0.25, 0.3) is 0 Å². The Morgan fingerprint density at radius 1 is 1.16 bits per heavy atom. The molecule has 0 unspecified atom stereocenters. The summed E-state index contributed by atoms with van der Waals surface area (Å²) in [4.78, 5) is 16.7. The van der Waals surface area contributed by atoms with Gasteiger partial charge in [-0.3, -0.25) is 9.78 Å². The normalized spacial score (nSPS) is 11.6. The number of ether oxygens (including phenoxy) is 1. The fraction of sp³-hybridized carbons (Fsp3) is 0.217. The molecule has 2 N–H and O–H groups in total. The number of pyridine rings is 1. The molecule has 32 heavy (non-hydrogen) atoms. The molecule has 0 atom stereocenters. The number of amides is 1. The van der Waals surface area contributed by atoms with Crippen molar-refractivity contribution in [1.82, 2.24) is 15.0 Å². The van der Waals surface area contributed by atoms with Crippen LogP contribution in [0, 0.1) is 13.8 Å². The SMILES string of the molecule is COc1c(C)cnc(CNC(=O)/C=C/c2ccc(S(=O)(=O)NCc3ccco3)cc2)c1C. The Hall–Kier alpha value is -3.43. The molecule has 168 valence electrons. The molecule has 0 saturated carbocycles. The number of rotatable bonds is 9. The van der Waals surface area contributed by atoms with Crippen molar-refractivity contribution in [3.8, 4) is 5.75 Å². The largest absolute Gasteiger partial charge is 0.496 e. The van der Waals surface area contributed by atoms with E-state index in [1.54, 1.807) is 43.6 Å². The second kappa shape index (κ2) is 10.3. The molecule has 2 aromatic heterocycles. The van der Waals surface area contributed by atoms with Crippen molar-refractivity contribution in [2.75, 3.05) is 7.11 Å². The summed E-state index contributed by atoms with van der Waals surface area (Å²) in [6.07, 6.45) is 6.19.